The summed E-state index contributed by atoms with van der Waals surface area (Å²) in [4.78, 5) is 0. The number of piperidine rings is 1. The van der Waals surface area contributed by atoms with Crippen LogP contribution < -0.4 is 31.9 Å². The molecule has 246 valence electrons. The average Bonchev–Trinajstić information content (AvgIpc) is 3.71. The number of morpholine rings is 1. The summed E-state index contributed by atoms with van der Waals surface area (Å²) in [6.07, 6.45) is 21.8. The van der Waals surface area contributed by atoms with Crippen LogP contribution in [0.1, 0.15) is 96.3 Å². The minimum absolute atomic E-state index is 0.318. The molecule has 12 aliphatic rings. The van der Waals surface area contributed by atoms with Gasteiger partial charge in [0.25, 0.3) is 0 Å². The molecule has 43 heavy (non-hydrogen) atoms. The maximum atomic E-state index is 5.51. The number of nitrogens with one attached hydrogen (secondary N) is 6. The zero-order valence-corrected chi connectivity index (χ0v) is 27.3. The lowest BCUT2D eigenvalue weighted by atomic mass is 9.70. The molecule has 6 N–H and O–H groups in total. The topological polar surface area (TPSA) is 90.6 Å². The third kappa shape index (κ3) is 8.34. The molecule has 0 atom stereocenters. The highest BCUT2D eigenvalue weighted by Gasteiger charge is 2.48. The maximum Gasteiger partial charge on any atom is 0.0809 e. The standard InChI is InChI=1S/C7H13N.C6H11NO.2C6H11N.C5H9NO.C5H9N/c1-2-7(1)3-5-8-6-4-7;1-2-6(1)5-7-3-4-8-6;1-2-6(1)3-4-7-5-6;1-2-6(3-1)4-5-7-6;1-5(2-6-1)3-7-4-5;1-2-5(1)3-6-4-5/h8H,1-6H2;7H,1-5H2;2*7H,1-5H2;6H,1-4H2;6H,1-4H2. The Bertz CT molecular complexity index is 785. The van der Waals surface area contributed by atoms with Crippen molar-refractivity contribution in [2.45, 2.75) is 107 Å². The SMILES string of the molecule is C1CC12CNC2.C1CC2(C1)CCN2.C1CC2(CC2)CN1.C1CC2(CCN1)CC2.C1COC2(CC2)CN1.C1NCC12COC2. The molecule has 12 fully saturated rings. The molecule has 7 heterocycles. The number of ether oxygens (including phenoxy) is 2. The van der Waals surface area contributed by atoms with E-state index in [2.05, 4.69) is 31.9 Å². The zero-order valence-electron chi connectivity index (χ0n) is 27.3. The molecule has 0 bridgehead atoms. The van der Waals surface area contributed by atoms with Crippen LogP contribution in [0.4, 0.5) is 0 Å². The van der Waals surface area contributed by atoms with E-state index in [-0.39, 0.29) is 0 Å². The first-order valence-electron chi connectivity index (χ1n) is 18.5. The first-order valence-corrected chi connectivity index (χ1v) is 18.5. The molecule has 0 unspecified atom stereocenters. The smallest absolute Gasteiger partial charge is 0.0809 e. The van der Waals surface area contributed by atoms with Gasteiger partial charge < -0.3 is 41.4 Å². The minimum atomic E-state index is 0.318. The van der Waals surface area contributed by atoms with Crippen molar-refractivity contribution in [3.8, 4) is 0 Å². The van der Waals surface area contributed by atoms with Crippen LogP contribution in [-0.2, 0) is 9.47 Å². The predicted molar refractivity (Wildman–Crippen MR) is 174 cm³/mol. The Morgan fingerprint density at radius 2 is 0.953 bits per heavy atom. The molecule has 12 rings (SSSR count). The van der Waals surface area contributed by atoms with Gasteiger partial charge in [-0.05, 0) is 139 Å². The zero-order chi connectivity index (χ0) is 29.2. The third-order valence-electron chi connectivity index (χ3n) is 13.0. The van der Waals surface area contributed by atoms with Crippen LogP contribution in [0.2, 0.25) is 0 Å². The summed E-state index contributed by atoms with van der Waals surface area (Å²) in [6, 6.07) is 0. The van der Waals surface area contributed by atoms with Gasteiger partial charge in [0.2, 0.25) is 0 Å². The van der Waals surface area contributed by atoms with Gasteiger partial charge in [-0.15, -0.1) is 0 Å². The fourth-order valence-electron chi connectivity index (χ4n) is 7.79. The average molecular weight is 601 g/mol. The summed E-state index contributed by atoms with van der Waals surface area (Å²) < 4.78 is 10.6. The van der Waals surface area contributed by atoms with Crippen molar-refractivity contribution in [2.75, 3.05) is 91.8 Å². The highest BCUT2D eigenvalue weighted by Crippen LogP contribution is 2.52. The van der Waals surface area contributed by atoms with E-state index in [1.54, 1.807) is 0 Å². The van der Waals surface area contributed by atoms with Crippen molar-refractivity contribution in [2.24, 2.45) is 21.7 Å². The van der Waals surface area contributed by atoms with Gasteiger partial charge in [0.05, 0.1) is 25.4 Å². The normalized spacial score (nSPS) is 34.0. The fraction of sp³-hybridized carbons (Fsp3) is 1.00. The Hall–Kier alpha value is -0.320. The van der Waals surface area contributed by atoms with E-state index >= 15 is 0 Å². The van der Waals surface area contributed by atoms with Crippen molar-refractivity contribution in [3.63, 3.8) is 0 Å². The number of rotatable bonds is 0. The van der Waals surface area contributed by atoms with E-state index in [1.165, 1.54) is 155 Å². The molecule has 0 radical (unpaired) electrons. The second kappa shape index (κ2) is 13.1. The molecule has 6 spiro atoms. The van der Waals surface area contributed by atoms with Crippen molar-refractivity contribution < 1.29 is 9.47 Å². The maximum absolute atomic E-state index is 5.51. The largest absolute Gasteiger partial charge is 0.380 e. The van der Waals surface area contributed by atoms with Gasteiger partial charge in [-0.2, -0.15) is 0 Å². The summed E-state index contributed by atoms with van der Waals surface area (Å²) >= 11 is 0. The van der Waals surface area contributed by atoms with Crippen LogP contribution in [-0.4, -0.2) is 103 Å². The summed E-state index contributed by atoms with van der Waals surface area (Å²) in [5, 5.41) is 20.0. The quantitative estimate of drug-likeness (QED) is 0.253. The Morgan fingerprint density at radius 1 is 0.395 bits per heavy atom. The third-order valence-corrected chi connectivity index (χ3v) is 13.0. The van der Waals surface area contributed by atoms with Crippen molar-refractivity contribution in [1.82, 2.24) is 31.9 Å². The molecule has 0 aromatic heterocycles. The molecule has 5 aliphatic carbocycles. The molecule has 0 amide bonds. The van der Waals surface area contributed by atoms with Crippen molar-refractivity contribution in [3.05, 3.63) is 0 Å². The molecule has 8 nitrogen and oxygen atoms in total. The molecule has 5 saturated carbocycles. The van der Waals surface area contributed by atoms with E-state index < -0.39 is 0 Å². The summed E-state index contributed by atoms with van der Waals surface area (Å²) in [5.41, 5.74) is 4.18. The number of hydrogen-bond donors (Lipinski definition) is 6. The fourth-order valence-corrected chi connectivity index (χ4v) is 7.79. The molecule has 0 aromatic carbocycles. The van der Waals surface area contributed by atoms with Crippen LogP contribution in [0.15, 0.2) is 0 Å². The molecule has 7 aliphatic heterocycles. The first-order chi connectivity index (χ1) is 21.0. The molecule has 7 saturated heterocycles. The van der Waals surface area contributed by atoms with Gasteiger partial charge >= 0.3 is 0 Å². The van der Waals surface area contributed by atoms with E-state index in [0.29, 0.717) is 16.6 Å². The van der Waals surface area contributed by atoms with Gasteiger partial charge in [-0.3, -0.25) is 0 Å². The van der Waals surface area contributed by atoms with Crippen LogP contribution in [0.5, 0.6) is 0 Å². The van der Waals surface area contributed by atoms with Crippen molar-refractivity contribution >= 4 is 0 Å². The Morgan fingerprint density at radius 3 is 1.14 bits per heavy atom. The van der Waals surface area contributed by atoms with Gasteiger partial charge in [0.15, 0.2) is 0 Å². The summed E-state index contributed by atoms with van der Waals surface area (Å²) in [5.74, 6) is 0. The second-order valence-electron chi connectivity index (χ2n) is 16.9. The van der Waals surface area contributed by atoms with Gasteiger partial charge in [0.1, 0.15) is 0 Å². The number of hydrogen-bond acceptors (Lipinski definition) is 8. The van der Waals surface area contributed by atoms with Crippen molar-refractivity contribution in [1.29, 1.82) is 0 Å². The highest BCUT2D eigenvalue weighted by atomic mass is 16.5. The Kier molecular flexibility index (Phi) is 9.50. The van der Waals surface area contributed by atoms with E-state index in [4.69, 9.17) is 9.47 Å². The second-order valence-corrected chi connectivity index (χ2v) is 16.9. The summed E-state index contributed by atoms with van der Waals surface area (Å²) in [7, 11) is 0. The monoisotopic (exact) mass is 601 g/mol. The van der Waals surface area contributed by atoms with Gasteiger partial charge in [0, 0.05) is 56.8 Å². The first kappa shape index (κ1) is 31.3. The lowest BCUT2D eigenvalue weighted by molar-refractivity contribution is -0.139. The lowest BCUT2D eigenvalue weighted by Gasteiger charge is -2.50. The van der Waals surface area contributed by atoms with E-state index in [9.17, 15) is 0 Å². The molecular formula is C35H64N6O2. The van der Waals surface area contributed by atoms with E-state index in [1.807, 2.05) is 0 Å². The van der Waals surface area contributed by atoms with Gasteiger partial charge in [-0.25, -0.2) is 0 Å². The minimum Gasteiger partial charge on any atom is -0.380 e. The summed E-state index contributed by atoms with van der Waals surface area (Å²) in [6.45, 7) is 16.5. The van der Waals surface area contributed by atoms with Crippen LogP contribution >= 0.6 is 0 Å². The Balaban J connectivity index is 0.0000000839. The van der Waals surface area contributed by atoms with Crippen LogP contribution in [0, 0.1) is 21.7 Å². The molecular weight excluding hydrogens is 536 g/mol. The highest BCUT2D eigenvalue weighted by molar-refractivity contribution is 5.04. The van der Waals surface area contributed by atoms with Crippen LogP contribution in [0.3, 0.4) is 0 Å². The van der Waals surface area contributed by atoms with Gasteiger partial charge in [-0.1, -0.05) is 0 Å². The molecule has 0 aromatic rings. The molecule has 8 heteroatoms. The predicted octanol–water partition coefficient (Wildman–Crippen LogP) is 2.93. The lowest BCUT2D eigenvalue weighted by Crippen LogP contribution is -2.64. The Labute approximate surface area is 262 Å². The van der Waals surface area contributed by atoms with E-state index in [0.717, 1.165) is 49.2 Å². The van der Waals surface area contributed by atoms with Crippen LogP contribution in [0.25, 0.3) is 0 Å².